The summed E-state index contributed by atoms with van der Waals surface area (Å²) in [7, 11) is 0. The van der Waals surface area contributed by atoms with Crippen LogP contribution in [0.2, 0.25) is 0 Å². The van der Waals surface area contributed by atoms with Crippen molar-refractivity contribution >= 4 is 35.6 Å². The molecule has 0 unspecified atom stereocenters. The van der Waals surface area contributed by atoms with Gasteiger partial charge >= 0.3 is 66.1 Å². The molecule has 54 valence electrons. The molecule has 1 aliphatic rings. The maximum absolute atomic E-state index is 10.5. The average Bonchev–Trinajstić information content (AvgIpc) is 1.93. The van der Waals surface area contributed by atoms with Gasteiger partial charge in [-0.05, 0) is 0 Å². The first-order valence-corrected chi connectivity index (χ1v) is 7.40. The standard InChI is InChI=1S/C4H6O4.O.Pb/c5-3(6)1-2-4(7)8;;/h1-2H2,(H,5,6)(H,7,8);;/q;;+2/p-2. The number of carbonyl (C=O) groups is 2. The van der Waals surface area contributed by atoms with Crippen LogP contribution in [0.5, 0.6) is 0 Å². The van der Waals surface area contributed by atoms with Crippen LogP contribution in [0.25, 0.3) is 0 Å². The summed E-state index contributed by atoms with van der Waals surface area (Å²) in [6.07, 6.45) is -0.0372. The van der Waals surface area contributed by atoms with E-state index in [0.29, 0.717) is 0 Å². The molecule has 0 N–H and O–H groups in total. The summed E-state index contributed by atoms with van der Waals surface area (Å²) >= 11 is -3.86. The predicted octanol–water partition coefficient (Wildman–Crippen LogP) is -0.718. The Morgan fingerprint density at radius 3 is 1.90 bits per heavy atom. The van der Waals surface area contributed by atoms with Crippen molar-refractivity contribution in [1.82, 2.24) is 0 Å². The van der Waals surface area contributed by atoms with E-state index in [4.69, 9.17) is 0 Å². The molecule has 5 nitrogen and oxygen atoms in total. The topological polar surface area (TPSA) is 69.7 Å². The number of hydrogen-bond acceptors (Lipinski definition) is 5. The molecule has 1 rings (SSSR count). The van der Waals surface area contributed by atoms with E-state index in [1.54, 1.807) is 0 Å². The van der Waals surface area contributed by atoms with Crippen LogP contribution < -0.4 is 0 Å². The van der Waals surface area contributed by atoms with Gasteiger partial charge in [0.15, 0.2) is 0 Å². The molecule has 0 radical (unpaired) electrons. The molecule has 0 amide bonds. The molecule has 1 fully saturated rings. The summed E-state index contributed by atoms with van der Waals surface area (Å²) in [4.78, 5) is 20.9. The van der Waals surface area contributed by atoms with Crippen LogP contribution in [0.3, 0.4) is 0 Å². The van der Waals surface area contributed by atoms with Crippen LogP contribution in [0.15, 0.2) is 0 Å². The number of carbonyl (C=O) groups excluding carboxylic acids is 2. The minimum atomic E-state index is -3.86. The van der Waals surface area contributed by atoms with Crippen molar-refractivity contribution < 1.29 is 17.6 Å². The van der Waals surface area contributed by atoms with Crippen LogP contribution in [-0.2, 0) is 17.6 Å². The van der Waals surface area contributed by atoms with Crippen molar-refractivity contribution in [2.24, 2.45) is 0 Å². The molecule has 0 atom stereocenters. The van der Waals surface area contributed by atoms with Crippen LogP contribution in [0, 0.1) is 0 Å². The van der Waals surface area contributed by atoms with Gasteiger partial charge in [0, 0.05) is 0 Å². The summed E-state index contributed by atoms with van der Waals surface area (Å²) in [6.45, 7) is 0. The molecule has 6 heteroatoms. The van der Waals surface area contributed by atoms with Gasteiger partial charge in [-0.25, -0.2) is 0 Å². The molecule has 1 saturated heterocycles. The Morgan fingerprint density at radius 2 is 1.50 bits per heavy atom. The van der Waals surface area contributed by atoms with Crippen molar-refractivity contribution in [2.75, 3.05) is 0 Å². The first-order valence-electron chi connectivity index (χ1n) is 2.64. The van der Waals surface area contributed by atoms with E-state index in [1.807, 2.05) is 0 Å². The van der Waals surface area contributed by atoms with Gasteiger partial charge in [0.25, 0.3) is 0 Å². The van der Waals surface area contributed by atoms with Crippen molar-refractivity contribution in [2.45, 2.75) is 12.8 Å². The number of hydrogen-bond donors (Lipinski definition) is 0. The zero-order valence-electron chi connectivity index (χ0n) is 4.96. The fraction of sp³-hybridized carbons (Fsp3) is 0.500. The minimum absolute atomic E-state index is 0.0186. The molecule has 1 heterocycles. The van der Waals surface area contributed by atoms with Gasteiger partial charge in [-0.2, -0.15) is 0 Å². The maximum atomic E-state index is 10.5. The third kappa shape index (κ3) is 2.12. The van der Waals surface area contributed by atoms with E-state index in [0.717, 1.165) is 0 Å². The van der Waals surface area contributed by atoms with Gasteiger partial charge < -0.3 is 0 Å². The second kappa shape index (κ2) is 3.17. The Morgan fingerprint density at radius 1 is 1.10 bits per heavy atom. The molecule has 0 aromatic carbocycles. The average molecular weight is 339 g/mol. The molecule has 0 aliphatic carbocycles. The Kier molecular flexibility index (Phi) is 2.46. The Bertz CT molecular complexity index is 178. The van der Waals surface area contributed by atoms with Crippen molar-refractivity contribution in [1.29, 1.82) is 0 Å². The molecule has 0 spiro atoms. The SMILES string of the molecule is O=C1CCC(=O)[O][Pb](=[O])[O]1. The zero-order chi connectivity index (χ0) is 7.56. The molecular weight excluding hydrogens is 335 g/mol. The molecule has 10 heavy (non-hydrogen) atoms. The monoisotopic (exact) mass is 340 g/mol. The molecule has 0 saturated carbocycles. The van der Waals surface area contributed by atoms with Crippen molar-refractivity contribution in [3.05, 3.63) is 0 Å². The number of rotatable bonds is 0. The van der Waals surface area contributed by atoms with Crippen molar-refractivity contribution in [3.63, 3.8) is 0 Å². The van der Waals surface area contributed by atoms with E-state index in [1.165, 1.54) is 0 Å². The Labute approximate surface area is 66.2 Å². The van der Waals surface area contributed by atoms with E-state index < -0.39 is 35.6 Å². The Balaban J connectivity index is 2.63. The van der Waals surface area contributed by atoms with Crippen LogP contribution in [-0.4, -0.2) is 35.6 Å². The summed E-state index contributed by atoms with van der Waals surface area (Å²) in [5, 5.41) is 0. The summed E-state index contributed by atoms with van der Waals surface area (Å²) in [6, 6.07) is 0. The third-order valence-corrected chi connectivity index (χ3v) is 3.99. The summed E-state index contributed by atoms with van der Waals surface area (Å²) in [5.74, 6) is -1.19. The van der Waals surface area contributed by atoms with Gasteiger partial charge in [0.2, 0.25) is 0 Å². The second-order valence-electron chi connectivity index (χ2n) is 1.70. The van der Waals surface area contributed by atoms with Gasteiger partial charge in [-0.3, -0.25) is 0 Å². The normalized spacial score (nSPS) is 19.4. The first-order chi connectivity index (χ1) is 4.68. The van der Waals surface area contributed by atoms with E-state index >= 15 is 0 Å². The van der Waals surface area contributed by atoms with Crippen LogP contribution in [0.4, 0.5) is 0 Å². The fourth-order valence-electron chi connectivity index (χ4n) is 0.513. The van der Waals surface area contributed by atoms with Gasteiger partial charge in [0.1, 0.15) is 0 Å². The van der Waals surface area contributed by atoms with E-state index in [9.17, 15) is 12.3 Å². The molecule has 0 aromatic rings. The van der Waals surface area contributed by atoms with E-state index in [-0.39, 0.29) is 12.8 Å². The van der Waals surface area contributed by atoms with Crippen LogP contribution >= 0.6 is 0 Å². The van der Waals surface area contributed by atoms with Gasteiger partial charge in [-0.1, -0.05) is 0 Å². The predicted molar refractivity (Wildman–Crippen MR) is 27.9 cm³/mol. The zero-order valence-corrected chi connectivity index (χ0v) is 8.84. The van der Waals surface area contributed by atoms with E-state index in [2.05, 4.69) is 5.37 Å². The fourth-order valence-corrected chi connectivity index (χ4v) is 2.91. The molecule has 0 bridgehead atoms. The van der Waals surface area contributed by atoms with Gasteiger partial charge in [-0.15, -0.1) is 0 Å². The molecule has 0 aromatic heterocycles. The third-order valence-electron chi connectivity index (χ3n) is 0.928. The van der Waals surface area contributed by atoms with Gasteiger partial charge in [0.05, 0.1) is 0 Å². The quantitative estimate of drug-likeness (QED) is 0.545. The molecular formula is C4H4O5Pb. The second-order valence-corrected chi connectivity index (χ2v) is 5.23. The first kappa shape index (κ1) is 7.77. The summed E-state index contributed by atoms with van der Waals surface area (Å²) < 4.78 is 19.0. The van der Waals surface area contributed by atoms with Crippen LogP contribution in [0.1, 0.15) is 12.8 Å². The van der Waals surface area contributed by atoms with Crippen molar-refractivity contribution in [3.8, 4) is 0 Å². The molecule has 1 aliphatic heterocycles. The summed E-state index contributed by atoms with van der Waals surface area (Å²) in [5.41, 5.74) is 0. The Hall–Kier alpha value is -0.338.